The maximum absolute atomic E-state index is 12.1. The molecule has 0 saturated carbocycles. The topological polar surface area (TPSA) is 70.4 Å². The van der Waals surface area contributed by atoms with Crippen molar-refractivity contribution in [3.05, 3.63) is 30.3 Å². The maximum atomic E-state index is 12.1. The SMILES string of the molecule is [NH][C@H](CCN1CCOCC1)CS(=O)(=O)c1ccccc1. The van der Waals surface area contributed by atoms with E-state index < -0.39 is 15.9 Å². The Morgan fingerprint density at radius 1 is 1.20 bits per heavy atom. The minimum Gasteiger partial charge on any atom is -0.379 e. The van der Waals surface area contributed by atoms with E-state index in [1.54, 1.807) is 30.3 Å². The molecule has 1 heterocycles. The highest BCUT2D eigenvalue weighted by Crippen LogP contribution is 2.12. The number of ether oxygens (including phenoxy) is 1. The lowest BCUT2D eigenvalue weighted by atomic mass is 10.2. The van der Waals surface area contributed by atoms with Crippen LogP contribution in [0.15, 0.2) is 35.2 Å². The first-order valence-electron chi connectivity index (χ1n) is 6.87. The van der Waals surface area contributed by atoms with Gasteiger partial charge in [-0.05, 0) is 25.1 Å². The summed E-state index contributed by atoms with van der Waals surface area (Å²) in [4.78, 5) is 2.53. The first-order valence-corrected chi connectivity index (χ1v) is 8.52. The number of hydrogen-bond donors (Lipinski definition) is 0. The van der Waals surface area contributed by atoms with E-state index in [0.717, 1.165) is 32.8 Å². The largest absolute Gasteiger partial charge is 0.379 e. The Morgan fingerprint density at radius 2 is 1.85 bits per heavy atom. The monoisotopic (exact) mass is 297 g/mol. The van der Waals surface area contributed by atoms with Crippen LogP contribution in [0.3, 0.4) is 0 Å². The molecular formula is C14H21N2O3S. The Kier molecular flexibility index (Phi) is 5.54. The van der Waals surface area contributed by atoms with E-state index in [1.165, 1.54) is 0 Å². The summed E-state index contributed by atoms with van der Waals surface area (Å²) in [7, 11) is -3.34. The lowest BCUT2D eigenvalue weighted by Crippen LogP contribution is -2.38. The number of rotatable bonds is 6. The minimum atomic E-state index is -3.34. The van der Waals surface area contributed by atoms with E-state index in [9.17, 15) is 8.42 Å². The molecule has 0 aliphatic carbocycles. The number of benzene rings is 1. The summed E-state index contributed by atoms with van der Waals surface area (Å²) in [6, 6.07) is 7.80. The molecule has 0 bridgehead atoms. The second kappa shape index (κ2) is 7.17. The Hall–Kier alpha value is -0.950. The molecule has 1 aromatic rings. The van der Waals surface area contributed by atoms with E-state index in [4.69, 9.17) is 10.5 Å². The lowest BCUT2D eigenvalue weighted by Gasteiger charge is -2.27. The number of sulfone groups is 1. The maximum Gasteiger partial charge on any atom is 0.179 e. The number of nitrogens with zero attached hydrogens (tertiary/aromatic N) is 1. The highest BCUT2D eigenvalue weighted by molar-refractivity contribution is 7.91. The first kappa shape index (κ1) is 15.4. The molecule has 1 fully saturated rings. The van der Waals surface area contributed by atoms with Gasteiger partial charge >= 0.3 is 0 Å². The second-order valence-corrected chi connectivity index (χ2v) is 7.07. The van der Waals surface area contributed by atoms with E-state index >= 15 is 0 Å². The third kappa shape index (κ3) is 4.56. The smallest absolute Gasteiger partial charge is 0.179 e. The zero-order valence-corrected chi connectivity index (χ0v) is 12.3. The van der Waals surface area contributed by atoms with Crippen LogP contribution in [-0.2, 0) is 14.6 Å². The number of morpholine rings is 1. The van der Waals surface area contributed by atoms with E-state index in [1.807, 2.05) is 0 Å². The molecule has 0 spiro atoms. The summed E-state index contributed by atoms with van der Waals surface area (Å²) in [5, 5.41) is 0. The van der Waals surface area contributed by atoms with Crippen LogP contribution in [0.4, 0.5) is 0 Å². The van der Waals surface area contributed by atoms with Crippen molar-refractivity contribution in [3.8, 4) is 0 Å². The molecule has 6 heteroatoms. The van der Waals surface area contributed by atoms with Crippen molar-refractivity contribution in [2.45, 2.75) is 17.4 Å². The molecule has 0 unspecified atom stereocenters. The Balaban J connectivity index is 1.83. The Morgan fingerprint density at radius 3 is 2.50 bits per heavy atom. The average molecular weight is 297 g/mol. The molecule has 1 aliphatic heterocycles. The normalized spacial score (nSPS) is 18.9. The molecule has 1 aromatic carbocycles. The molecule has 20 heavy (non-hydrogen) atoms. The number of hydrogen-bond acceptors (Lipinski definition) is 4. The summed E-state index contributed by atoms with van der Waals surface area (Å²) in [5.41, 5.74) is 7.96. The molecule has 5 nitrogen and oxygen atoms in total. The van der Waals surface area contributed by atoms with Crippen molar-refractivity contribution in [2.24, 2.45) is 0 Å². The molecule has 1 aliphatic rings. The lowest BCUT2D eigenvalue weighted by molar-refractivity contribution is 0.0368. The third-order valence-electron chi connectivity index (χ3n) is 3.42. The molecule has 1 radical (unpaired) electrons. The van der Waals surface area contributed by atoms with Gasteiger partial charge in [-0.15, -0.1) is 0 Å². The highest BCUT2D eigenvalue weighted by Gasteiger charge is 2.20. The van der Waals surface area contributed by atoms with Gasteiger partial charge in [-0.25, -0.2) is 8.42 Å². The van der Waals surface area contributed by atoms with Crippen LogP contribution in [0, 0.1) is 0 Å². The minimum absolute atomic E-state index is 0.110. The molecule has 1 saturated heterocycles. The van der Waals surface area contributed by atoms with Gasteiger partial charge in [-0.3, -0.25) is 10.6 Å². The summed E-state index contributed by atoms with van der Waals surface area (Å²) in [6.07, 6.45) is 0.575. The summed E-state index contributed by atoms with van der Waals surface area (Å²) in [6.45, 7) is 3.97. The molecule has 0 amide bonds. The van der Waals surface area contributed by atoms with Gasteiger partial charge < -0.3 is 4.74 Å². The van der Waals surface area contributed by atoms with Gasteiger partial charge in [-0.1, -0.05) is 18.2 Å². The molecule has 111 valence electrons. The van der Waals surface area contributed by atoms with Crippen molar-refractivity contribution in [1.82, 2.24) is 10.6 Å². The van der Waals surface area contributed by atoms with E-state index in [2.05, 4.69) is 4.90 Å². The Labute approximate surface area is 120 Å². The van der Waals surface area contributed by atoms with E-state index in [-0.39, 0.29) is 5.75 Å². The highest BCUT2D eigenvalue weighted by atomic mass is 32.2. The van der Waals surface area contributed by atoms with Crippen LogP contribution in [0.1, 0.15) is 6.42 Å². The first-order chi connectivity index (χ1) is 9.58. The zero-order valence-electron chi connectivity index (χ0n) is 11.5. The Bertz CT molecular complexity index is 498. The van der Waals surface area contributed by atoms with Crippen molar-refractivity contribution >= 4 is 9.84 Å². The third-order valence-corrected chi connectivity index (χ3v) is 5.25. The summed E-state index contributed by atoms with van der Waals surface area (Å²) < 4.78 is 29.5. The van der Waals surface area contributed by atoms with Crippen molar-refractivity contribution in [2.75, 3.05) is 38.6 Å². The molecule has 1 atom stereocenters. The fraction of sp³-hybridized carbons (Fsp3) is 0.571. The van der Waals surface area contributed by atoms with Gasteiger partial charge in [0.2, 0.25) is 0 Å². The van der Waals surface area contributed by atoms with Crippen molar-refractivity contribution < 1.29 is 13.2 Å². The van der Waals surface area contributed by atoms with Crippen LogP contribution in [-0.4, -0.2) is 58.0 Å². The van der Waals surface area contributed by atoms with Crippen LogP contribution < -0.4 is 5.73 Å². The zero-order chi connectivity index (χ0) is 14.4. The van der Waals surface area contributed by atoms with Gasteiger partial charge in [0.1, 0.15) is 0 Å². The quantitative estimate of drug-likeness (QED) is 0.780. The van der Waals surface area contributed by atoms with Crippen molar-refractivity contribution in [1.29, 1.82) is 0 Å². The van der Waals surface area contributed by atoms with Gasteiger partial charge in [0.15, 0.2) is 9.84 Å². The molecule has 0 aromatic heterocycles. The van der Waals surface area contributed by atoms with Gasteiger partial charge in [0, 0.05) is 19.1 Å². The standard InChI is InChI=1S/C14H21N2O3S/c15-13(6-7-16-8-10-19-11-9-16)12-20(17,18)14-4-2-1-3-5-14/h1-5,13,15H,6-12H2/t13-/m1/s1. The fourth-order valence-electron chi connectivity index (χ4n) is 2.24. The predicted octanol–water partition coefficient (Wildman–Crippen LogP) is 0.834. The van der Waals surface area contributed by atoms with Crippen LogP contribution in [0.25, 0.3) is 0 Å². The fourth-order valence-corrected chi connectivity index (χ4v) is 3.70. The van der Waals surface area contributed by atoms with Gasteiger partial charge in [0.05, 0.1) is 23.9 Å². The van der Waals surface area contributed by atoms with Crippen LogP contribution in [0.2, 0.25) is 0 Å². The molecule has 2 rings (SSSR count). The molecular weight excluding hydrogens is 276 g/mol. The van der Waals surface area contributed by atoms with E-state index in [0.29, 0.717) is 11.3 Å². The average Bonchev–Trinajstić information content (AvgIpc) is 2.47. The van der Waals surface area contributed by atoms with Crippen LogP contribution in [0.5, 0.6) is 0 Å². The number of nitrogens with one attached hydrogen (secondary N) is 1. The summed E-state index contributed by atoms with van der Waals surface area (Å²) >= 11 is 0. The van der Waals surface area contributed by atoms with Crippen LogP contribution >= 0.6 is 0 Å². The van der Waals surface area contributed by atoms with Gasteiger partial charge in [0.25, 0.3) is 0 Å². The second-order valence-electron chi connectivity index (χ2n) is 5.03. The summed E-state index contributed by atoms with van der Waals surface area (Å²) in [5.74, 6) is -0.110. The molecule has 1 N–H and O–H groups in total. The predicted molar refractivity (Wildman–Crippen MR) is 77.3 cm³/mol. The van der Waals surface area contributed by atoms with Crippen molar-refractivity contribution in [3.63, 3.8) is 0 Å². The van der Waals surface area contributed by atoms with Gasteiger partial charge in [-0.2, -0.15) is 0 Å².